The van der Waals surface area contributed by atoms with E-state index in [2.05, 4.69) is 10.2 Å². The number of hydrogen-bond donors (Lipinski definition) is 2. The molecule has 60 valence electrons. The normalized spacial score (nSPS) is 9.10. The third kappa shape index (κ3) is 3.26. The standard InChI is InChI=1S/C5H12N2O3/c1-7(10-2)5(9)6-3-4-8/h8H,3-4H2,1-2H3,(H,6,9). The van der Waals surface area contributed by atoms with E-state index in [-0.39, 0.29) is 19.2 Å². The molecular formula is C5H12N2O3. The lowest BCUT2D eigenvalue weighted by Crippen LogP contribution is -2.37. The number of aliphatic hydroxyl groups excluding tert-OH is 1. The van der Waals surface area contributed by atoms with E-state index in [1.165, 1.54) is 14.2 Å². The van der Waals surface area contributed by atoms with Crippen LogP contribution in [0.15, 0.2) is 0 Å². The van der Waals surface area contributed by atoms with Crippen molar-refractivity contribution >= 4 is 6.03 Å². The lowest BCUT2D eigenvalue weighted by molar-refractivity contribution is -0.0648. The van der Waals surface area contributed by atoms with Crippen LogP contribution in [0, 0.1) is 0 Å². The summed E-state index contributed by atoms with van der Waals surface area (Å²) in [6.45, 7) is 0.176. The first-order chi connectivity index (χ1) is 4.72. The minimum atomic E-state index is -0.364. The molecule has 0 saturated heterocycles. The van der Waals surface area contributed by atoms with Crippen molar-refractivity contribution < 1.29 is 14.7 Å². The summed E-state index contributed by atoms with van der Waals surface area (Å²) in [7, 11) is 2.87. The van der Waals surface area contributed by atoms with E-state index >= 15 is 0 Å². The predicted octanol–water partition coefficient (Wildman–Crippen LogP) is -0.819. The van der Waals surface area contributed by atoms with E-state index in [1.807, 2.05) is 0 Å². The van der Waals surface area contributed by atoms with Crippen LogP contribution < -0.4 is 5.32 Å². The number of aliphatic hydroxyl groups is 1. The molecule has 0 rings (SSSR count). The number of rotatable bonds is 3. The zero-order valence-electron chi connectivity index (χ0n) is 6.13. The molecule has 0 aliphatic rings. The van der Waals surface area contributed by atoms with Crippen LogP contribution in [0.2, 0.25) is 0 Å². The first-order valence-corrected chi connectivity index (χ1v) is 2.89. The fraction of sp³-hybridized carbons (Fsp3) is 0.800. The Hall–Kier alpha value is -0.810. The SMILES string of the molecule is CON(C)C(=O)NCCO. The van der Waals surface area contributed by atoms with E-state index in [4.69, 9.17) is 5.11 Å². The molecule has 5 heteroatoms. The smallest absolute Gasteiger partial charge is 0.341 e. The quantitative estimate of drug-likeness (QED) is 0.514. The molecule has 0 atom stereocenters. The molecule has 0 aromatic heterocycles. The second kappa shape index (κ2) is 5.01. The molecular weight excluding hydrogens is 136 g/mol. The Labute approximate surface area is 59.5 Å². The number of urea groups is 1. The molecule has 0 unspecified atom stereocenters. The van der Waals surface area contributed by atoms with Crippen LogP contribution in [0.1, 0.15) is 0 Å². The van der Waals surface area contributed by atoms with Gasteiger partial charge in [0.05, 0.1) is 13.7 Å². The highest BCUT2D eigenvalue weighted by Gasteiger charge is 2.03. The van der Waals surface area contributed by atoms with Gasteiger partial charge in [-0.15, -0.1) is 0 Å². The molecule has 0 bridgehead atoms. The second-order valence-electron chi connectivity index (χ2n) is 1.64. The van der Waals surface area contributed by atoms with Crippen LogP contribution in [0.5, 0.6) is 0 Å². The van der Waals surface area contributed by atoms with E-state index < -0.39 is 0 Å². The average Bonchev–Trinajstić information content (AvgIpc) is 1.98. The van der Waals surface area contributed by atoms with Gasteiger partial charge in [0.2, 0.25) is 0 Å². The molecule has 0 aromatic rings. The zero-order chi connectivity index (χ0) is 7.98. The number of carbonyl (C=O) groups is 1. The highest BCUT2D eigenvalue weighted by molar-refractivity contribution is 5.72. The minimum absolute atomic E-state index is 0.0662. The van der Waals surface area contributed by atoms with Crippen molar-refractivity contribution in [1.29, 1.82) is 0 Å². The van der Waals surface area contributed by atoms with E-state index in [1.54, 1.807) is 0 Å². The van der Waals surface area contributed by atoms with Crippen molar-refractivity contribution in [1.82, 2.24) is 10.4 Å². The number of hydroxylamine groups is 2. The van der Waals surface area contributed by atoms with Gasteiger partial charge in [-0.25, -0.2) is 9.86 Å². The van der Waals surface area contributed by atoms with Gasteiger partial charge in [0, 0.05) is 13.6 Å². The van der Waals surface area contributed by atoms with Gasteiger partial charge in [-0.1, -0.05) is 0 Å². The number of nitrogens with zero attached hydrogens (tertiary/aromatic N) is 1. The number of nitrogens with one attached hydrogen (secondary N) is 1. The maximum atomic E-state index is 10.7. The fourth-order valence-corrected chi connectivity index (χ4v) is 0.357. The highest BCUT2D eigenvalue weighted by Crippen LogP contribution is 1.80. The first-order valence-electron chi connectivity index (χ1n) is 2.89. The van der Waals surface area contributed by atoms with Gasteiger partial charge in [0.15, 0.2) is 0 Å². The van der Waals surface area contributed by atoms with Crippen molar-refractivity contribution in [2.45, 2.75) is 0 Å². The van der Waals surface area contributed by atoms with Crippen molar-refractivity contribution in [3.63, 3.8) is 0 Å². The molecule has 10 heavy (non-hydrogen) atoms. The van der Waals surface area contributed by atoms with Crippen LogP contribution in [0.25, 0.3) is 0 Å². The Morgan fingerprint density at radius 3 is 2.80 bits per heavy atom. The Balaban J connectivity index is 3.42. The number of carbonyl (C=O) groups excluding carboxylic acids is 1. The summed E-state index contributed by atoms with van der Waals surface area (Å²) < 4.78 is 0. The van der Waals surface area contributed by atoms with Gasteiger partial charge in [-0.2, -0.15) is 0 Å². The molecule has 5 nitrogen and oxygen atoms in total. The van der Waals surface area contributed by atoms with Crippen LogP contribution in [0.3, 0.4) is 0 Å². The molecule has 0 fully saturated rings. The lowest BCUT2D eigenvalue weighted by atomic mass is 10.7. The van der Waals surface area contributed by atoms with Gasteiger partial charge in [0.1, 0.15) is 0 Å². The maximum absolute atomic E-state index is 10.7. The van der Waals surface area contributed by atoms with Gasteiger partial charge in [-0.3, -0.25) is 4.84 Å². The summed E-state index contributed by atoms with van der Waals surface area (Å²) in [5.41, 5.74) is 0. The van der Waals surface area contributed by atoms with E-state index in [9.17, 15) is 4.79 Å². The molecule has 0 saturated carbocycles. The Morgan fingerprint density at radius 1 is 1.80 bits per heavy atom. The summed E-state index contributed by atoms with van der Waals surface area (Å²) in [5.74, 6) is 0. The Morgan fingerprint density at radius 2 is 2.40 bits per heavy atom. The fourth-order valence-electron chi connectivity index (χ4n) is 0.357. The Kier molecular flexibility index (Phi) is 4.61. The molecule has 2 amide bonds. The van der Waals surface area contributed by atoms with Gasteiger partial charge < -0.3 is 10.4 Å². The topological polar surface area (TPSA) is 61.8 Å². The molecule has 0 radical (unpaired) electrons. The molecule has 0 aromatic carbocycles. The Bertz CT molecular complexity index is 107. The molecule has 0 aliphatic heterocycles. The maximum Gasteiger partial charge on any atom is 0.341 e. The van der Waals surface area contributed by atoms with Crippen molar-refractivity contribution in [3.05, 3.63) is 0 Å². The molecule has 2 N–H and O–H groups in total. The van der Waals surface area contributed by atoms with Gasteiger partial charge in [0.25, 0.3) is 0 Å². The van der Waals surface area contributed by atoms with Crippen LogP contribution in [0.4, 0.5) is 4.79 Å². The monoisotopic (exact) mass is 148 g/mol. The van der Waals surface area contributed by atoms with Crippen LogP contribution in [-0.4, -0.2) is 43.5 Å². The first kappa shape index (κ1) is 9.19. The molecule has 0 aliphatic carbocycles. The third-order valence-corrected chi connectivity index (χ3v) is 0.948. The summed E-state index contributed by atoms with van der Waals surface area (Å²) in [5, 5.41) is 11.7. The van der Waals surface area contributed by atoms with E-state index in [0.29, 0.717) is 0 Å². The molecule has 0 spiro atoms. The summed E-state index contributed by atoms with van der Waals surface area (Å²) >= 11 is 0. The summed E-state index contributed by atoms with van der Waals surface area (Å²) in [4.78, 5) is 15.3. The van der Waals surface area contributed by atoms with Crippen molar-refractivity contribution in [3.8, 4) is 0 Å². The van der Waals surface area contributed by atoms with Gasteiger partial charge in [-0.05, 0) is 0 Å². The van der Waals surface area contributed by atoms with Crippen LogP contribution in [-0.2, 0) is 4.84 Å². The zero-order valence-corrected chi connectivity index (χ0v) is 6.13. The number of amides is 2. The minimum Gasteiger partial charge on any atom is -0.395 e. The number of hydrogen-bond acceptors (Lipinski definition) is 3. The summed E-state index contributed by atoms with van der Waals surface area (Å²) in [6, 6.07) is -0.364. The van der Waals surface area contributed by atoms with Gasteiger partial charge >= 0.3 is 6.03 Å². The third-order valence-electron chi connectivity index (χ3n) is 0.948. The van der Waals surface area contributed by atoms with Crippen molar-refractivity contribution in [2.24, 2.45) is 0 Å². The molecule has 0 heterocycles. The lowest BCUT2D eigenvalue weighted by Gasteiger charge is -2.13. The second-order valence-corrected chi connectivity index (χ2v) is 1.64. The predicted molar refractivity (Wildman–Crippen MR) is 35.3 cm³/mol. The largest absolute Gasteiger partial charge is 0.395 e. The van der Waals surface area contributed by atoms with Crippen molar-refractivity contribution in [2.75, 3.05) is 27.3 Å². The highest BCUT2D eigenvalue weighted by atomic mass is 16.7. The summed E-state index contributed by atoms with van der Waals surface area (Å²) in [6.07, 6.45) is 0. The van der Waals surface area contributed by atoms with Crippen LogP contribution >= 0.6 is 0 Å². The van der Waals surface area contributed by atoms with E-state index in [0.717, 1.165) is 5.06 Å². The average molecular weight is 148 g/mol.